The Hall–Kier alpha value is -1.64. The quantitative estimate of drug-likeness (QED) is 0.594. The number of hydrogen-bond acceptors (Lipinski definition) is 2. The van der Waals surface area contributed by atoms with Gasteiger partial charge in [0.2, 0.25) is 0 Å². The molecule has 0 fully saturated rings. The van der Waals surface area contributed by atoms with Crippen molar-refractivity contribution in [3.63, 3.8) is 0 Å². The minimum Gasteiger partial charge on any atom is -0.493 e. The van der Waals surface area contributed by atoms with E-state index in [1.54, 1.807) is 14.2 Å². The van der Waals surface area contributed by atoms with Crippen LogP contribution in [0.3, 0.4) is 0 Å². The van der Waals surface area contributed by atoms with Crippen molar-refractivity contribution in [3.05, 3.63) is 18.3 Å². The van der Waals surface area contributed by atoms with Crippen LogP contribution in [0.1, 0.15) is 0 Å². The van der Waals surface area contributed by atoms with Gasteiger partial charge in [-0.2, -0.15) is 0 Å². The van der Waals surface area contributed by atoms with Gasteiger partial charge in [0.25, 0.3) is 0 Å². The Morgan fingerprint density at radius 3 is 2.77 bits per heavy atom. The Bertz CT molecular complexity index is 499. The van der Waals surface area contributed by atoms with Crippen LogP contribution < -0.4 is 9.47 Å². The Kier molecular flexibility index (Phi) is 1.05. The minimum absolute atomic E-state index is 0.808. The Labute approximate surface area is 75.5 Å². The summed E-state index contributed by atoms with van der Waals surface area (Å²) in [5.41, 5.74) is 2.41. The number of benzene rings is 1. The lowest BCUT2D eigenvalue weighted by atomic mass is 10.2. The molecule has 3 rings (SSSR count). The smallest absolute Gasteiger partial charge is 0.187 e. The van der Waals surface area contributed by atoms with E-state index >= 15 is 0 Å². The maximum Gasteiger partial charge on any atom is 0.187 e. The molecule has 0 bridgehead atoms. The molecule has 0 amide bonds. The highest BCUT2D eigenvalue weighted by Gasteiger charge is 2.29. The van der Waals surface area contributed by atoms with Crippen LogP contribution in [0.4, 0.5) is 0 Å². The summed E-state index contributed by atoms with van der Waals surface area (Å²) in [6, 6.07) is 4.07. The number of hydrogen-bond donors (Lipinski definition) is 0. The molecule has 0 spiro atoms. The Morgan fingerprint density at radius 1 is 1.23 bits per heavy atom. The predicted octanol–water partition coefficient (Wildman–Crippen LogP) is 1.96. The lowest BCUT2D eigenvalue weighted by Gasteiger charge is -2.05. The first-order valence-electron chi connectivity index (χ1n) is 4.13. The molecule has 3 nitrogen and oxygen atoms in total. The normalized spacial score (nSPS) is 11.8. The SMILES string of the molecule is COc1cc2ccn3c2c-3c1OC. The van der Waals surface area contributed by atoms with Gasteiger partial charge in [0.05, 0.1) is 19.7 Å². The monoisotopic (exact) mass is 175 g/mol. The number of methoxy groups -OCH3 is 2. The summed E-state index contributed by atoms with van der Waals surface area (Å²) in [4.78, 5) is 0. The highest BCUT2D eigenvalue weighted by atomic mass is 16.5. The summed E-state index contributed by atoms with van der Waals surface area (Å²) in [5.74, 6) is 1.65. The van der Waals surface area contributed by atoms with E-state index in [0.29, 0.717) is 0 Å². The molecule has 1 aliphatic rings. The van der Waals surface area contributed by atoms with E-state index in [9.17, 15) is 0 Å². The fraction of sp³-hybridized carbons (Fsp3) is 0.200. The van der Waals surface area contributed by atoms with Gasteiger partial charge in [0, 0.05) is 11.6 Å². The maximum absolute atomic E-state index is 5.28. The third kappa shape index (κ3) is 0.651. The molecule has 0 saturated carbocycles. The molecule has 1 aromatic heterocycles. The van der Waals surface area contributed by atoms with Gasteiger partial charge in [-0.25, -0.2) is 0 Å². The molecule has 13 heavy (non-hydrogen) atoms. The van der Waals surface area contributed by atoms with Gasteiger partial charge >= 0.3 is 0 Å². The van der Waals surface area contributed by atoms with Crippen LogP contribution in [0, 0.1) is 0 Å². The first-order chi connectivity index (χ1) is 6.36. The molecule has 0 unspecified atom stereocenters. The zero-order chi connectivity index (χ0) is 9.00. The van der Waals surface area contributed by atoms with Crippen molar-refractivity contribution in [2.24, 2.45) is 0 Å². The van der Waals surface area contributed by atoms with Gasteiger partial charge in [-0.05, 0) is 12.1 Å². The zero-order valence-corrected chi connectivity index (χ0v) is 7.50. The minimum atomic E-state index is 0.808. The molecular formula is C10H9NO2. The van der Waals surface area contributed by atoms with E-state index < -0.39 is 0 Å². The van der Waals surface area contributed by atoms with E-state index in [2.05, 4.69) is 10.6 Å². The second-order valence-corrected chi connectivity index (χ2v) is 3.08. The van der Waals surface area contributed by atoms with Crippen molar-refractivity contribution in [1.82, 2.24) is 4.57 Å². The third-order valence-electron chi connectivity index (χ3n) is 2.48. The van der Waals surface area contributed by atoms with Crippen LogP contribution in [0.2, 0.25) is 0 Å². The average molecular weight is 175 g/mol. The molecule has 66 valence electrons. The predicted molar refractivity (Wildman–Crippen MR) is 49.9 cm³/mol. The van der Waals surface area contributed by atoms with E-state index in [4.69, 9.17) is 9.47 Å². The second-order valence-electron chi connectivity index (χ2n) is 3.08. The van der Waals surface area contributed by atoms with Gasteiger partial charge < -0.3 is 14.0 Å². The fourth-order valence-electron chi connectivity index (χ4n) is 1.84. The highest BCUT2D eigenvalue weighted by molar-refractivity contribution is 6.04. The summed E-state index contributed by atoms with van der Waals surface area (Å²) < 4.78 is 12.6. The third-order valence-corrected chi connectivity index (χ3v) is 2.48. The summed E-state index contributed by atoms with van der Waals surface area (Å²) in [7, 11) is 3.33. The lowest BCUT2D eigenvalue weighted by molar-refractivity contribution is 0.356. The number of nitrogens with zero attached hydrogens (tertiary/aromatic N) is 1. The number of rotatable bonds is 2. The molecule has 2 aromatic rings. The molecule has 1 aromatic carbocycles. The van der Waals surface area contributed by atoms with Crippen molar-refractivity contribution < 1.29 is 9.47 Å². The van der Waals surface area contributed by atoms with Crippen LogP contribution in [-0.4, -0.2) is 18.8 Å². The largest absolute Gasteiger partial charge is 0.493 e. The molecule has 0 saturated heterocycles. The summed E-state index contributed by atoms with van der Waals surface area (Å²) >= 11 is 0. The van der Waals surface area contributed by atoms with E-state index in [0.717, 1.165) is 17.2 Å². The van der Waals surface area contributed by atoms with E-state index in [1.807, 2.05) is 12.3 Å². The molecular weight excluding hydrogens is 166 g/mol. The number of ether oxygens (including phenoxy) is 2. The number of fused-ring (bicyclic) bond motifs is 1. The highest BCUT2D eigenvalue weighted by Crippen LogP contribution is 2.49. The summed E-state index contributed by atoms with van der Waals surface area (Å²) in [6.07, 6.45) is 2.04. The number of aromatic nitrogens is 1. The molecule has 0 aliphatic carbocycles. The Balaban J connectivity index is 2.35. The molecule has 0 atom stereocenters. The topological polar surface area (TPSA) is 23.4 Å². The van der Waals surface area contributed by atoms with Crippen molar-refractivity contribution in [1.29, 1.82) is 0 Å². The molecule has 0 N–H and O–H groups in total. The number of pyridine rings is 1. The summed E-state index contributed by atoms with van der Waals surface area (Å²) in [5, 5.41) is 1.22. The van der Waals surface area contributed by atoms with Crippen LogP contribution >= 0.6 is 0 Å². The second kappa shape index (κ2) is 1.99. The Morgan fingerprint density at radius 2 is 2.08 bits per heavy atom. The van der Waals surface area contributed by atoms with Crippen molar-refractivity contribution in [3.8, 4) is 17.2 Å². The van der Waals surface area contributed by atoms with Crippen LogP contribution in [0.25, 0.3) is 16.6 Å². The van der Waals surface area contributed by atoms with Crippen LogP contribution in [-0.2, 0) is 0 Å². The summed E-state index contributed by atoms with van der Waals surface area (Å²) in [6.45, 7) is 0. The average Bonchev–Trinajstić information content (AvgIpc) is 2.70. The van der Waals surface area contributed by atoms with E-state index in [-0.39, 0.29) is 0 Å². The van der Waals surface area contributed by atoms with Crippen molar-refractivity contribution in [2.75, 3.05) is 14.2 Å². The van der Waals surface area contributed by atoms with Gasteiger partial charge in [-0.3, -0.25) is 0 Å². The maximum atomic E-state index is 5.28. The van der Waals surface area contributed by atoms with E-state index in [1.165, 1.54) is 10.9 Å². The van der Waals surface area contributed by atoms with Gasteiger partial charge in [-0.15, -0.1) is 0 Å². The first kappa shape index (κ1) is 6.83. The molecule has 0 radical (unpaired) electrons. The molecule has 3 heteroatoms. The van der Waals surface area contributed by atoms with Gasteiger partial charge in [0.1, 0.15) is 5.69 Å². The van der Waals surface area contributed by atoms with Gasteiger partial charge in [0.15, 0.2) is 11.5 Å². The van der Waals surface area contributed by atoms with Crippen LogP contribution in [0.5, 0.6) is 11.5 Å². The van der Waals surface area contributed by atoms with Crippen molar-refractivity contribution in [2.45, 2.75) is 0 Å². The lowest BCUT2D eigenvalue weighted by Crippen LogP contribution is -1.90. The standard InChI is InChI=1S/C10H9NO2/c1-12-7-5-6-3-4-11-8(6)9(11)10(7)13-2/h3-5H,1-2H3. The van der Waals surface area contributed by atoms with Gasteiger partial charge in [-0.1, -0.05) is 0 Å². The fourth-order valence-corrected chi connectivity index (χ4v) is 1.84. The van der Waals surface area contributed by atoms with Crippen LogP contribution in [0.15, 0.2) is 18.3 Å². The first-order valence-corrected chi connectivity index (χ1v) is 4.13. The molecule has 2 heterocycles. The zero-order valence-electron chi connectivity index (χ0n) is 7.50. The van der Waals surface area contributed by atoms with Crippen molar-refractivity contribution >= 4 is 10.9 Å². The molecule has 1 aliphatic heterocycles.